The Bertz CT molecular complexity index is 519. The maximum absolute atomic E-state index is 6.30. The first-order valence-electron chi connectivity index (χ1n) is 5.63. The van der Waals surface area contributed by atoms with Crippen molar-refractivity contribution in [3.8, 4) is 5.69 Å². The number of nitrogens with zero attached hydrogens (tertiary/aromatic N) is 2. The fourth-order valence-electron chi connectivity index (χ4n) is 1.79. The lowest BCUT2D eigenvalue weighted by molar-refractivity contribution is 0.773. The third-order valence-electron chi connectivity index (χ3n) is 2.98. The van der Waals surface area contributed by atoms with Crippen LogP contribution >= 0.6 is 11.6 Å². The van der Waals surface area contributed by atoms with Gasteiger partial charge >= 0.3 is 0 Å². The molecule has 1 aromatic heterocycles. The Morgan fingerprint density at radius 2 is 2.24 bits per heavy atom. The van der Waals surface area contributed by atoms with E-state index in [-0.39, 0.29) is 0 Å². The second kappa shape index (κ2) is 4.90. The molecule has 17 heavy (non-hydrogen) atoms. The predicted octanol–water partition coefficient (Wildman–Crippen LogP) is 2.90. The summed E-state index contributed by atoms with van der Waals surface area (Å²) in [6, 6.07) is 6.06. The molecule has 0 aliphatic carbocycles. The van der Waals surface area contributed by atoms with Crippen LogP contribution in [0.1, 0.15) is 24.2 Å². The van der Waals surface area contributed by atoms with Crippen molar-refractivity contribution in [1.29, 1.82) is 0 Å². The van der Waals surface area contributed by atoms with Gasteiger partial charge in [0.1, 0.15) is 5.82 Å². The summed E-state index contributed by atoms with van der Waals surface area (Å²) in [6.45, 7) is 4.67. The summed E-state index contributed by atoms with van der Waals surface area (Å²) in [5, 5.41) is 0.726. The van der Waals surface area contributed by atoms with Crippen molar-refractivity contribution >= 4 is 11.6 Å². The Hall–Kier alpha value is -1.32. The van der Waals surface area contributed by atoms with Crippen LogP contribution in [0.4, 0.5) is 0 Å². The van der Waals surface area contributed by atoms with Crippen LogP contribution in [0.3, 0.4) is 0 Å². The van der Waals surface area contributed by atoms with E-state index in [1.54, 1.807) is 6.20 Å². The lowest BCUT2D eigenvalue weighted by Crippen LogP contribution is -2.09. The number of imidazole rings is 1. The highest BCUT2D eigenvalue weighted by atomic mass is 35.5. The summed E-state index contributed by atoms with van der Waals surface area (Å²) in [5.74, 6) is 1.25. The molecule has 0 bridgehead atoms. The number of nitrogens with two attached hydrogens (primary N) is 1. The number of hydrogen-bond donors (Lipinski definition) is 1. The number of rotatable bonds is 3. The Morgan fingerprint density at radius 3 is 2.76 bits per heavy atom. The van der Waals surface area contributed by atoms with E-state index < -0.39 is 0 Å². The summed E-state index contributed by atoms with van der Waals surface area (Å²) < 4.78 is 1.97. The van der Waals surface area contributed by atoms with E-state index in [0.29, 0.717) is 12.5 Å². The van der Waals surface area contributed by atoms with Crippen molar-refractivity contribution < 1.29 is 0 Å². The molecule has 2 rings (SSSR count). The average Bonchev–Trinajstić information content (AvgIpc) is 2.74. The molecule has 1 aromatic carbocycles. The number of aryl methyl sites for hydroxylation is 1. The summed E-state index contributed by atoms with van der Waals surface area (Å²) in [5.41, 5.74) is 7.77. The molecule has 1 unspecified atom stereocenters. The second-order valence-electron chi connectivity index (χ2n) is 4.19. The quantitative estimate of drug-likeness (QED) is 0.909. The lowest BCUT2D eigenvalue weighted by atomic mass is 10.0. The highest BCUT2D eigenvalue weighted by molar-refractivity contribution is 6.32. The lowest BCUT2D eigenvalue weighted by Gasteiger charge is -2.13. The fraction of sp³-hybridized carbons (Fsp3) is 0.308. The van der Waals surface area contributed by atoms with Crippen molar-refractivity contribution in [1.82, 2.24) is 9.55 Å². The van der Waals surface area contributed by atoms with Crippen LogP contribution in [-0.2, 0) is 0 Å². The molecule has 1 heterocycles. The molecule has 0 spiro atoms. The number of hydrogen-bond acceptors (Lipinski definition) is 2. The Balaban J connectivity index is 2.42. The van der Waals surface area contributed by atoms with Crippen molar-refractivity contribution in [2.45, 2.75) is 19.8 Å². The van der Waals surface area contributed by atoms with Crippen LogP contribution in [0.25, 0.3) is 5.69 Å². The van der Waals surface area contributed by atoms with Gasteiger partial charge in [-0.15, -0.1) is 0 Å². The second-order valence-corrected chi connectivity index (χ2v) is 4.60. The zero-order chi connectivity index (χ0) is 12.4. The van der Waals surface area contributed by atoms with E-state index in [0.717, 1.165) is 16.5 Å². The van der Waals surface area contributed by atoms with Crippen LogP contribution in [0, 0.1) is 6.92 Å². The summed E-state index contributed by atoms with van der Waals surface area (Å²) in [6.07, 6.45) is 3.67. The number of benzene rings is 1. The molecule has 90 valence electrons. The van der Waals surface area contributed by atoms with Gasteiger partial charge in [0.05, 0.1) is 10.7 Å². The standard InChI is InChI=1S/C13H16ClN3/c1-9(8-15)11-3-4-13(12(14)7-11)17-6-5-16-10(17)2/h3-7,9H,8,15H2,1-2H3. The molecular weight excluding hydrogens is 234 g/mol. The fourth-order valence-corrected chi connectivity index (χ4v) is 2.07. The molecule has 3 nitrogen and oxygen atoms in total. The smallest absolute Gasteiger partial charge is 0.110 e. The first-order valence-corrected chi connectivity index (χ1v) is 6.01. The van der Waals surface area contributed by atoms with Crippen LogP contribution in [0.5, 0.6) is 0 Å². The first-order chi connectivity index (χ1) is 8.13. The molecule has 4 heteroatoms. The zero-order valence-electron chi connectivity index (χ0n) is 10.0. The van der Waals surface area contributed by atoms with Gasteiger partial charge in [-0.25, -0.2) is 4.98 Å². The molecule has 0 radical (unpaired) electrons. The largest absolute Gasteiger partial charge is 0.330 e. The molecule has 0 aliphatic rings. The van der Waals surface area contributed by atoms with Crippen LogP contribution in [0.2, 0.25) is 5.02 Å². The maximum Gasteiger partial charge on any atom is 0.110 e. The minimum atomic E-state index is 0.324. The van der Waals surface area contributed by atoms with Gasteiger partial charge in [0.25, 0.3) is 0 Å². The minimum Gasteiger partial charge on any atom is -0.330 e. The Labute approximate surface area is 106 Å². The summed E-state index contributed by atoms with van der Waals surface area (Å²) in [4.78, 5) is 4.19. The summed E-state index contributed by atoms with van der Waals surface area (Å²) in [7, 11) is 0. The van der Waals surface area contributed by atoms with Crippen molar-refractivity contribution in [2.24, 2.45) is 5.73 Å². The van der Waals surface area contributed by atoms with E-state index in [4.69, 9.17) is 17.3 Å². The molecule has 0 saturated heterocycles. The van der Waals surface area contributed by atoms with Gasteiger partial charge in [0.2, 0.25) is 0 Å². The molecular formula is C13H16ClN3. The highest BCUT2D eigenvalue weighted by Gasteiger charge is 2.09. The van der Waals surface area contributed by atoms with E-state index in [9.17, 15) is 0 Å². The van der Waals surface area contributed by atoms with Gasteiger partial charge < -0.3 is 10.3 Å². The van der Waals surface area contributed by atoms with Gasteiger partial charge in [-0.1, -0.05) is 24.6 Å². The Morgan fingerprint density at radius 1 is 1.47 bits per heavy atom. The van der Waals surface area contributed by atoms with Gasteiger partial charge in [0, 0.05) is 12.4 Å². The average molecular weight is 250 g/mol. The van der Waals surface area contributed by atoms with E-state index >= 15 is 0 Å². The minimum absolute atomic E-state index is 0.324. The first kappa shape index (κ1) is 12.1. The highest BCUT2D eigenvalue weighted by Crippen LogP contribution is 2.26. The van der Waals surface area contributed by atoms with E-state index in [1.807, 2.05) is 29.8 Å². The maximum atomic E-state index is 6.30. The zero-order valence-corrected chi connectivity index (χ0v) is 10.8. The van der Waals surface area contributed by atoms with Gasteiger partial charge in [-0.2, -0.15) is 0 Å². The molecule has 2 N–H and O–H groups in total. The molecule has 2 aromatic rings. The molecule has 0 aliphatic heterocycles. The third-order valence-corrected chi connectivity index (χ3v) is 3.28. The van der Waals surface area contributed by atoms with Crippen molar-refractivity contribution in [3.63, 3.8) is 0 Å². The van der Waals surface area contributed by atoms with Crippen LogP contribution in [0.15, 0.2) is 30.6 Å². The van der Waals surface area contributed by atoms with Crippen LogP contribution in [-0.4, -0.2) is 16.1 Å². The van der Waals surface area contributed by atoms with E-state index in [2.05, 4.69) is 18.0 Å². The molecule has 0 fully saturated rings. The number of halogens is 1. The predicted molar refractivity (Wildman–Crippen MR) is 70.8 cm³/mol. The molecule has 0 amide bonds. The molecule has 0 saturated carbocycles. The molecule has 1 atom stereocenters. The van der Waals surface area contributed by atoms with Crippen molar-refractivity contribution in [3.05, 3.63) is 47.0 Å². The SMILES string of the molecule is Cc1nccn1-c1ccc(C(C)CN)cc1Cl. The van der Waals surface area contributed by atoms with Crippen LogP contribution < -0.4 is 5.73 Å². The van der Waals surface area contributed by atoms with Crippen molar-refractivity contribution in [2.75, 3.05) is 6.54 Å². The third kappa shape index (κ3) is 2.35. The summed E-state index contributed by atoms with van der Waals surface area (Å²) >= 11 is 6.30. The van der Waals surface area contributed by atoms with Gasteiger partial charge in [-0.3, -0.25) is 0 Å². The number of aromatic nitrogens is 2. The van der Waals surface area contributed by atoms with Gasteiger partial charge in [0.15, 0.2) is 0 Å². The Kier molecular flexibility index (Phi) is 3.50. The van der Waals surface area contributed by atoms with Gasteiger partial charge in [-0.05, 0) is 37.1 Å². The van der Waals surface area contributed by atoms with E-state index in [1.165, 1.54) is 5.56 Å². The normalized spacial score (nSPS) is 12.7. The monoisotopic (exact) mass is 249 g/mol. The topological polar surface area (TPSA) is 43.8 Å².